The molecule has 0 aliphatic carbocycles. The van der Waals surface area contributed by atoms with Gasteiger partial charge in [0.1, 0.15) is 0 Å². The Morgan fingerprint density at radius 3 is 2.64 bits per heavy atom. The second-order valence-electron chi connectivity index (χ2n) is 5.21. The van der Waals surface area contributed by atoms with E-state index in [9.17, 15) is 13.2 Å². The topological polar surface area (TPSA) is 102 Å². The van der Waals surface area contributed by atoms with E-state index in [0.717, 1.165) is 0 Å². The number of aromatic nitrogens is 2. The Hall–Kier alpha value is -3.00. The summed E-state index contributed by atoms with van der Waals surface area (Å²) >= 11 is 0. The minimum Gasteiger partial charge on any atom is -0.355 e. The van der Waals surface area contributed by atoms with Crippen molar-refractivity contribution in [2.45, 2.75) is 4.90 Å². The number of rotatable bonds is 6. The predicted octanol–water partition coefficient (Wildman–Crippen LogP) is 1.94. The molecule has 0 spiro atoms. The van der Waals surface area contributed by atoms with Crippen molar-refractivity contribution in [3.63, 3.8) is 0 Å². The van der Waals surface area contributed by atoms with Crippen LogP contribution in [0.2, 0.25) is 0 Å². The van der Waals surface area contributed by atoms with Gasteiger partial charge in [0.2, 0.25) is 0 Å². The first-order valence-electron chi connectivity index (χ1n) is 7.49. The van der Waals surface area contributed by atoms with Crippen LogP contribution in [0, 0.1) is 0 Å². The highest BCUT2D eigenvalue weighted by Gasteiger charge is 2.17. The van der Waals surface area contributed by atoms with Crippen molar-refractivity contribution in [2.24, 2.45) is 0 Å². The molecule has 0 aliphatic heterocycles. The van der Waals surface area contributed by atoms with Gasteiger partial charge in [0.15, 0.2) is 21.3 Å². The minimum atomic E-state index is -3.44. The molecule has 3 rings (SSSR count). The Kier molecular flexibility index (Phi) is 4.90. The lowest BCUT2D eigenvalue weighted by molar-refractivity contribution is 0.0947. The van der Waals surface area contributed by atoms with Gasteiger partial charge in [-0.2, -0.15) is 0 Å². The molecule has 0 fully saturated rings. The first-order chi connectivity index (χ1) is 12.1. The summed E-state index contributed by atoms with van der Waals surface area (Å²) < 4.78 is 29.4. The van der Waals surface area contributed by atoms with E-state index in [1.807, 2.05) is 0 Å². The second-order valence-corrected chi connectivity index (χ2v) is 7.32. The molecule has 8 heteroatoms. The molecule has 1 N–H and O–H groups in total. The predicted molar refractivity (Wildman–Crippen MR) is 90.6 cm³/mol. The number of carbonyl (C=O) groups excluding carboxylic acids is 1. The number of amides is 1. The Morgan fingerprint density at radius 1 is 1.12 bits per heavy atom. The van der Waals surface area contributed by atoms with Crippen LogP contribution in [-0.2, 0) is 9.84 Å². The van der Waals surface area contributed by atoms with Gasteiger partial charge in [0, 0.05) is 30.6 Å². The van der Waals surface area contributed by atoms with Crippen molar-refractivity contribution in [2.75, 3.05) is 12.3 Å². The average Bonchev–Trinajstić information content (AvgIpc) is 3.13. The van der Waals surface area contributed by atoms with Crippen LogP contribution in [-0.4, -0.2) is 36.8 Å². The number of carbonyl (C=O) groups is 1. The molecular formula is C17H15N3O4S. The summed E-state index contributed by atoms with van der Waals surface area (Å²) in [4.78, 5) is 16.3. The molecule has 0 atom stereocenters. The van der Waals surface area contributed by atoms with Crippen LogP contribution in [0.25, 0.3) is 11.3 Å². The van der Waals surface area contributed by atoms with Crippen LogP contribution in [0.5, 0.6) is 0 Å². The summed E-state index contributed by atoms with van der Waals surface area (Å²) in [5, 5.41) is 6.23. The maximum Gasteiger partial charge on any atom is 0.273 e. The van der Waals surface area contributed by atoms with Crippen molar-refractivity contribution < 1.29 is 17.7 Å². The van der Waals surface area contributed by atoms with Gasteiger partial charge in [0.05, 0.1) is 10.6 Å². The molecule has 3 aromatic rings. The molecule has 7 nitrogen and oxygen atoms in total. The van der Waals surface area contributed by atoms with Crippen LogP contribution in [0.3, 0.4) is 0 Å². The molecule has 0 saturated carbocycles. The Bertz CT molecular complexity index is 954. The molecule has 0 bridgehead atoms. The fourth-order valence-electron chi connectivity index (χ4n) is 2.16. The highest BCUT2D eigenvalue weighted by atomic mass is 32.2. The Balaban J connectivity index is 1.59. The molecule has 0 saturated heterocycles. The second kappa shape index (κ2) is 7.27. The summed E-state index contributed by atoms with van der Waals surface area (Å²) in [6, 6.07) is 13.1. The van der Waals surface area contributed by atoms with Crippen molar-refractivity contribution in [3.05, 3.63) is 66.6 Å². The fourth-order valence-corrected chi connectivity index (χ4v) is 3.34. The first kappa shape index (κ1) is 16.8. The smallest absolute Gasteiger partial charge is 0.273 e. The molecule has 1 aromatic carbocycles. The zero-order chi connectivity index (χ0) is 17.7. The van der Waals surface area contributed by atoms with Crippen LogP contribution < -0.4 is 5.32 Å². The lowest BCUT2D eigenvalue weighted by Crippen LogP contribution is -2.29. The Morgan fingerprint density at radius 2 is 1.92 bits per heavy atom. The molecule has 2 heterocycles. The monoisotopic (exact) mass is 357 g/mol. The Labute approximate surface area is 144 Å². The van der Waals surface area contributed by atoms with E-state index in [4.69, 9.17) is 4.52 Å². The summed E-state index contributed by atoms with van der Waals surface area (Å²) in [6.45, 7) is -0.0227. The first-order valence-corrected chi connectivity index (χ1v) is 9.14. The molecule has 0 aliphatic rings. The van der Waals surface area contributed by atoms with E-state index in [1.54, 1.807) is 42.7 Å². The average molecular weight is 357 g/mol. The van der Waals surface area contributed by atoms with Gasteiger partial charge in [-0.3, -0.25) is 9.78 Å². The van der Waals surface area contributed by atoms with Gasteiger partial charge in [-0.25, -0.2) is 8.42 Å². The minimum absolute atomic E-state index is 0.0227. The zero-order valence-electron chi connectivity index (χ0n) is 13.1. The lowest BCUT2D eigenvalue weighted by Gasteiger charge is -2.05. The van der Waals surface area contributed by atoms with Gasteiger partial charge in [0.25, 0.3) is 5.91 Å². The lowest BCUT2D eigenvalue weighted by atomic mass is 10.2. The molecule has 0 radical (unpaired) electrons. The van der Waals surface area contributed by atoms with Crippen molar-refractivity contribution in [1.82, 2.24) is 15.5 Å². The van der Waals surface area contributed by atoms with Crippen LogP contribution in [0.4, 0.5) is 0 Å². The molecular weight excluding hydrogens is 342 g/mol. The van der Waals surface area contributed by atoms with E-state index < -0.39 is 15.7 Å². The fraction of sp³-hybridized carbons (Fsp3) is 0.118. The normalized spacial score (nSPS) is 11.2. The summed E-state index contributed by atoms with van der Waals surface area (Å²) in [5.74, 6) is -0.284. The third-order valence-corrected chi connectivity index (χ3v) is 5.18. The number of nitrogens with one attached hydrogen (secondary N) is 1. The maximum absolute atomic E-state index is 12.1. The van der Waals surface area contributed by atoms with Gasteiger partial charge in [-0.05, 0) is 24.3 Å². The van der Waals surface area contributed by atoms with Crippen LogP contribution in [0.15, 0.2) is 70.3 Å². The number of sulfone groups is 1. The molecule has 1 amide bonds. The van der Waals surface area contributed by atoms with Crippen molar-refractivity contribution in [1.29, 1.82) is 0 Å². The van der Waals surface area contributed by atoms with E-state index in [1.165, 1.54) is 18.2 Å². The third kappa shape index (κ3) is 4.10. The standard InChI is InChI=1S/C17H15N3O4S/c21-17(15-11-16(24-20-15)13-5-4-8-18-12-13)19-9-10-25(22,23)14-6-2-1-3-7-14/h1-8,11-12H,9-10H2,(H,19,21). The number of pyridine rings is 1. The molecule has 2 aromatic heterocycles. The largest absolute Gasteiger partial charge is 0.355 e. The van der Waals surface area contributed by atoms with E-state index in [0.29, 0.717) is 11.3 Å². The summed E-state index contributed by atoms with van der Waals surface area (Å²) in [7, 11) is -3.44. The van der Waals surface area contributed by atoms with Gasteiger partial charge in [-0.1, -0.05) is 23.4 Å². The molecule has 0 unspecified atom stereocenters. The summed E-state index contributed by atoms with van der Waals surface area (Å²) in [6.07, 6.45) is 3.22. The highest BCUT2D eigenvalue weighted by molar-refractivity contribution is 7.91. The number of hydrogen-bond acceptors (Lipinski definition) is 6. The number of benzene rings is 1. The van der Waals surface area contributed by atoms with E-state index in [2.05, 4.69) is 15.5 Å². The summed E-state index contributed by atoms with van der Waals surface area (Å²) in [5.41, 5.74) is 0.775. The van der Waals surface area contributed by atoms with Gasteiger partial charge < -0.3 is 9.84 Å². The van der Waals surface area contributed by atoms with E-state index >= 15 is 0 Å². The van der Waals surface area contributed by atoms with E-state index in [-0.39, 0.29) is 22.9 Å². The van der Waals surface area contributed by atoms with Crippen LogP contribution >= 0.6 is 0 Å². The van der Waals surface area contributed by atoms with Crippen LogP contribution in [0.1, 0.15) is 10.5 Å². The molecule has 25 heavy (non-hydrogen) atoms. The number of nitrogens with zero attached hydrogens (tertiary/aromatic N) is 2. The van der Waals surface area contributed by atoms with Crippen molar-refractivity contribution in [3.8, 4) is 11.3 Å². The highest BCUT2D eigenvalue weighted by Crippen LogP contribution is 2.18. The third-order valence-electron chi connectivity index (χ3n) is 3.45. The maximum atomic E-state index is 12.1. The number of hydrogen-bond donors (Lipinski definition) is 1. The zero-order valence-corrected chi connectivity index (χ0v) is 13.9. The quantitative estimate of drug-likeness (QED) is 0.723. The SMILES string of the molecule is O=C(NCCS(=O)(=O)c1ccccc1)c1cc(-c2cccnc2)on1. The van der Waals surface area contributed by atoms with Gasteiger partial charge in [-0.15, -0.1) is 0 Å². The molecule has 128 valence electrons. The van der Waals surface area contributed by atoms with Crippen molar-refractivity contribution >= 4 is 15.7 Å². The van der Waals surface area contributed by atoms with Gasteiger partial charge >= 0.3 is 0 Å².